The van der Waals surface area contributed by atoms with Gasteiger partial charge in [-0.05, 0) is 18.2 Å². The third-order valence-electron chi connectivity index (χ3n) is 3.96. The van der Waals surface area contributed by atoms with Gasteiger partial charge < -0.3 is 18.8 Å². The van der Waals surface area contributed by atoms with Gasteiger partial charge in [0.15, 0.2) is 11.5 Å². The molecule has 5 nitrogen and oxygen atoms in total. The average molecular weight is 363 g/mol. The summed E-state index contributed by atoms with van der Waals surface area (Å²) in [4.78, 5) is 14.2. The monoisotopic (exact) mass is 363 g/mol. The van der Waals surface area contributed by atoms with E-state index >= 15 is 0 Å². The van der Waals surface area contributed by atoms with Crippen molar-refractivity contribution in [1.29, 1.82) is 0 Å². The molecule has 1 fully saturated rings. The number of fused-ring (bicyclic) bond motifs is 1. The molecule has 126 valence electrons. The van der Waals surface area contributed by atoms with Crippen LogP contribution in [0.15, 0.2) is 41.0 Å². The van der Waals surface area contributed by atoms with E-state index in [0.29, 0.717) is 12.3 Å². The van der Waals surface area contributed by atoms with Gasteiger partial charge in [0.1, 0.15) is 11.1 Å². The van der Waals surface area contributed by atoms with Crippen molar-refractivity contribution < 1.29 is 18.7 Å². The Morgan fingerprint density at radius 3 is 3.08 bits per heavy atom. The summed E-state index contributed by atoms with van der Waals surface area (Å²) in [6.45, 7) is 0.961. The van der Waals surface area contributed by atoms with Crippen molar-refractivity contribution >= 4 is 29.4 Å². The molecule has 0 N–H and O–H groups in total. The molecule has 0 saturated carbocycles. The van der Waals surface area contributed by atoms with Crippen LogP contribution in [-0.4, -0.2) is 35.7 Å². The van der Waals surface area contributed by atoms with Gasteiger partial charge in [-0.25, -0.2) is 0 Å². The summed E-state index contributed by atoms with van der Waals surface area (Å²) in [6, 6.07) is 9.74. The van der Waals surface area contributed by atoms with Crippen LogP contribution in [0.3, 0.4) is 0 Å². The Bertz CT molecular complexity index is 719. The highest BCUT2D eigenvalue weighted by Crippen LogP contribution is 2.47. The largest absolute Gasteiger partial charge is 0.468 e. The Labute approximate surface area is 148 Å². The summed E-state index contributed by atoms with van der Waals surface area (Å²) in [5.41, 5.74) is 1.02. The summed E-state index contributed by atoms with van der Waals surface area (Å²) in [5, 5.41) is -0.00152. The molecule has 24 heavy (non-hydrogen) atoms. The molecule has 7 heteroatoms. The Balaban J connectivity index is 1.42. The summed E-state index contributed by atoms with van der Waals surface area (Å²) in [7, 11) is 0. The third-order valence-corrected chi connectivity index (χ3v) is 6.16. The Morgan fingerprint density at radius 2 is 2.21 bits per heavy atom. The van der Waals surface area contributed by atoms with E-state index in [-0.39, 0.29) is 18.1 Å². The number of hydrogen-bond donors (Lipinski definition) is 0. The molecule has 2 aliphatic rings. The minimum absolute atomic E-state index is 0.00152. The van der Waals surface area contributed by atoms with Gasteiger partial charge in [-0.15, -0.1) is 11.8 Å². The predicted octanol–water partition coefficient (Wildman–Crippen LogP) is 3.52. The van der Waals surface area contributed by atoms with Crippen molar-refractivity contribution in [1.82, 2.24) is 4.90 Å². The topological polar surface area (TPSA) is 51.9 Å². The molecule has 2 aromatic rings. The van der Waals surface area contributed by atoms with Crippen LogP contribution in [0.2, 0.25) is 0 Å². The average Bonchev–Trinajstić information content (AvgIpc) is 3.33. The molecule has 2 aliphatic heterocycles. The fraction of sp³-hybridized carbons (Fsp3) is 0.353. The highest BCUT2D eigenvalue weighted by molar-refractivity contribution is 8.00. The first-order chi connectivity index (χ1) is 11.8. The van der Waals surface area contributed by atoms with Crippen LogP contribution in [0.4, 0.5) is 0 Å². The smallest absolute Gasteiger partial charge is 0.233 e. The highest BCUT2D eigenvalue weighted by atomic mass is 32.2. The van der Waals surface area contributed by atoms with Crippen LogP contribution in [0.5, 0.6) is 11.5 Å². The van der Waals surface area contributed by atoms with Crippen LogP contribution in [0, 0.1) is 0 Å². The maximum Gasteiger partial charge on any atom is 0.233 e. The SMILES string of the molecule is O=C1CSC(c2cccc3c2OCO3)N1CCSCc1ccco1. The first kappa shape index (κ1) is 15.8. The fourth-order valence-electron chi connectivity index (χ4n) is 2.83. The van der Waals surface area contributed by atoms with Crippen LogP contribution >= 0.6 is 23.5 Å². The Hall–Kier alpha value is -1.73. The minimum atomic E-state index is -0.00152. The van der Waals surface area contributed by atoms with Crippen LogP contribution in [0.1, 0.15) is 16.7 Å². The zero-order valence-corrected chi connectivity index (χ0v) is 14.6. The molecular formula is C17H17NO4S2. The van der Waals surface area contributed by atoms with E-state index in [9.17, 15) is 4.79 Å². The van der Waals surface area contributed by atoms with Gasteiger partial charge >= 0.3 is 0 Å². The normalized spacial score (nSPS) is 19.2. The number of rotatable bonds is 6. The molecule has 1 saturated heterocycles. The quantitative estimate of drug-likeness (QED) is 0.732. The molecule has 0 spiro atoms. The zero-order chi connectivity index (χ0) is 16.4. The number of carbonyl (C=O) groups is 1. The van der Waals surface area contributed by atoms with Gasteiger partial charge in [-0.1, -0.05) is 12.1 Å². The summed E-state index contributed by atoms with van der Waals surface area (Å²) in [6.07, 6.45) is 1.69. The van der Waals surface area contributed by atoms with E-state index in [4.69, 9.17) is 13.9 Å². The number of hydrogen-bond acceptors (Lipinski definition) is 6. The van der Waals surface area contributed by atoms with Gasteiger partial charge in [0, 0.05) is 17.9 Å². The lowest BCUT2D eigenvalue weighted by Crippen LogP contribution is -2.30. The molecular weight excluding hydrogens is 346 g/mol. The van der Waals surface area contributed by atoms with Gasteiger partial charge in [0.2, 0.25) is 12.7 Å². The van der Waals surface area contributed by atoms with E-state index < -0.39 is 0 Å². The fourth-order valence-corrected chi connectivity index (χ4v) is 4.90. The van der Waals surface area contributed by atoms with E-state index in [1.165, 1.54) is 0 Å². The van der Waals surface area contributed by atoms with Gasteiger partial charge in [-0.3, -0.25) is 4.79 Å². The van der Waals surface area contributed by atoms with E-state index in [1.54, 1.807) is 29.8 Å². The molecule has 1 unspecified atom stereocenters. The predicted molar refractivity (Wildman–Crippen MR) is 94.3 cm³/mol. The number of para-hydroxylation sites is 1. The zero-order valence-electron chi connectivity index (χ0n) is 13.0. The number of carbonyl (C=O) groups excluding carboxylic acids is 1. The van der Waals surface area contributed by atoms with Crippen LogP contribution in [0.25, 0.3) is 0 Å². The van der Waals surface area contributed by atoms with Crippen molar-refractivity contribution in [3.63, 3.8) is 0 Å². The maximum absolute atomic E-state index is 12.3. The molecule has 1 aromatic carbocycles. The molecule has 0 aliphatic carbocycles. The first-order valence-corrected chi connectivity index (χ1v) is 9.93. The van der Waals surface area contributed by atoms with E-state index in [0.717, 1.165) is 34.3 Å². The number of furan rings is 1. The second kappa shape index (κ2) is 7.03. The van der Waals surface area contributed by atoms with Crippen LogP contribution in [-0.2, 0) is 10.5 Å². The van der Waals surface area contributed by atoms with E-state index in [2.05, 4.69) is 0 Å². The summed E-state index contributed by atoms with van der Waals surface area (Å²) in [5.74, 6) is 4.89. The number of nitrogens with zero attached hydrogens (tertiary/aromatic N) is 1. The Morgan fingerprint density at radius 1 is 1.25 bits per heavy atom. The molecule has 0 radical (unpaired) electrons. The van der Waals surface area contributed by atoms with Gasteiger partial charge in [-0.2, -0.15) is 11.8 Å². The van der Waals surface area contributed by atoms with Gasteiger partial charge in [0.25, 0.3) is 0 Å². The van der Waals surface area contributed by atoms with Crippen molar-refractivity contribution in [2.75, 3.05) is 24.8 Å². The van der Waals surface area contributed by atoms with Crippen molar-refractivity contribution in [3.8, 4) is 11.5 Å². The third kappa shape index (κ3) is 3.10. The second-order valence-electron chi connectivity index (χ2n) is 5.46. The second-order valence-corrected chi connectivity index (χ2v) is 7.64. The lowest BCUT2D eigenvalue weighted by Gasteiger charge is -2.24. The summed E-state index contributed by atoms with van der Waals surface area (Å²) >= 11 is 3.42. The lowest BCUT2D eigenvalue weighted by molar-refractivity contribution is -0.127. The van der Waals surface area contributed by atoms with Crippen molar-refractivity contribution in [3.05, 3.63) is 47.9 Å². The number of benzene rings is 1. The molecule has 4 rings (SSSR count). The first-order valence-electron chi connectivity index (χ1n) is 7.72. The molecule has 0 bridgehead atoms. The Kier molecular flexibility index (Phi) is 4.62. The van der Waals surface area contributed by atoms with Crippen LogP contribution < -0.4 is 9.47 Å². The molecule has 3 heterocycles. The summed E-state index contributed by atoms with van der Waals surface area (Å²) < 4.78 is 16.4. The number of amides is 1. The number of ether oxygens (including phenoxy) is 2. The van der Waals surface area contributed by atoms with E-state index in [1.807, 2.05) is 35.2 Å². The van der Waals surface area contributed by atoms with Gasteiger partial charge in [0.05, 0.1) is 17.8 Å². The molecule has 1 amide bonds. The molecule has 1 aromatic heterocycles. The van der Waals surface area contributed by atoms with Crippen molar-refractivity contribution in [2.24, 2.45) is 0 Å². The standard InChI is InChI=1S/C17H17NO4S2/c19-15-10-24-17(13-4-1-5-14-16(13)22-11-21-14)18(15)6-8-23-9-12-3-2-7-20-12/h1-5,7,17H,6,8-11H2. The van der Waals surface area contributed by atoms with Crippen molar-refractivity contribution in [2.45, 2.75) is 11.1 Å². The highest BCUT2D eigenvalue weighted by Gasteiger charge is 2.35. The molecule has 1 atom stereocenters. The minimum Gasteiger partial charge on any atom is -0.468 e. The number of thioether (sulfide) groups is 2. The lowest BCUT2D eigenvalue weighted by atomic mass is 10.1. The maximum atomic E-state index is 12.3.